The van der Waals surface area contributed by atoms with E-state index in [0.717, 1.165) is 76.1 Å². The maximum absolute atomic E-state index is 9.43. The van der Waals surface area contributed by atoms with Crippen LogP contribution in [0.25, 0.3) is 17.1 Å². The van der Waals surface area contributed by atoms with E-state index in [2.05, 4.69) is 48.5 Å². The number of aryl methyl sites for hydroxylation is 3. The summed E-state index contributed by atoms with van der Waals surface area (Å²) in [7, 11) is 4.11. The van der Waals surface area contributed by atoms with Crippen LogP contribution >= 0.6 is 58.4 Å². The van der Waals surface area contributed by atoms with Crippen LogP contribution in [-0.2, 0) is 23.0 Å². The van der Waals surface area contributed by atoms with Gasteiger partial charge in [-0.1, -0.05) is 64.1 Å². The molecule has 12 heteroatoms. The summed E-state index contributed by atoms with van der Waals surface area (Å²) in [5, 5.41) is 14.9. The number of rotatable bonds is 3. The van der Waals surface area contributed by atoms with E-state index in [9.17, 15) is 5.26 Å². The number of benzene rings is 3. The molecule has 0 N–H and O–H groups in total. The maximum atomic E-state index is 9.43. The monoisotopic (exact) mass is 624 g/mol. The van der Waals surface area contributed by atoms with Gasteiger partial charge in [0.05, 0.1) is 63.2 Å². The van der Waals surface area contributed by atoms with E-state index in [1.807, 2.05) is 55.5 Å². The van der Waals surface area contributed by atoms with Crippen LogP contribution in [0.2, 0.25) is 20.1 Å². The second-order valence-corrected chi connectivity index (χ2v) is 11.6. The summed E-state index contributed by atoms with van der Waals surface area (Å²) in [4.78, 5) is 5.30. The summed E-state index contributed by atoms with van der Waals surface area (Å²) in [6.45, 7) is 3.75. The van der Waals surface area contributed by atoms with Crippen LogP contribution in [0.5, 0.6) is 0 Å². The lowest BCUT2D eigenvalue weighted by molar-refractivity contribution is -0.777. The highest BCUT2D eigenvalue weighted by molar-refractivity contribution is 7.94. The third-order valence-corrected chi connectivity index (χ3v) is 8.81. The molecule has 0 radical (unpaired) electrons. The molecule has 0 bridgehead atoms. The van der Waals surface area contributed by atoms with Gasteiger partial charge in [0, 0.05) is 37.0 Å². The number of anilines is 2. The van der Waals surface area contributed by atoms with Crippen LogP contribution in [0.3, 0.4) is 0 Å². The fourth-order valence-electron chi connectivity index (χ4n) is 4.85. The quantitative estimate of drug-likeness (QED) is 0.106. The van der Waals surface area contributed by atoms with Gasteiger partial charge in [-0.25, -0.2) is 9.13 Å². The minimum atomic E-state index is 0.562. The van der Waals surface area contributed by atoms with Gasteiger partial charge in [-0.2, -0.15) is 4.33 Å². The van der Waals surface area contributed by atoms with Gasteiger partial charge in [-0.05, 0) is 31.2 Å². The Morgan fingerprint density at radius 3 is 2.23 bits per heavy atom. The summed E-state index contributed by atoms with van der Waals surface area (Å²) in [5.74, 6) is 2.18. The molecule has 3 aromatic carbocycles. The van der Waals surface area contributed by atoms with Crippen molar-refractivity contribution in [2.75, 3.05) is 23.4 Å². The minimum absolute atomic E-state index is 0.562. The third kappa shape index (κ3) is 5.58. The number of imidazole rings is 1. The van der Waals surface area contributed by atoms with Gasteiger partial charge in [-0.3, -0.25) is 5.04 Å². The minimum Gasteiger partial charge on any atom is -0.691 e. The molecule has 6 rings (SSSR count). The summed E-state index contributed by atoms with van der Waals surface area (Å²) in [6.07, 6.45) is 3.17. The molecule has 2 aliphatic rings. The number of nitrogens with zero attached hydrogens (tertiary/aromatic N) is 4. The van der Waals surface area contributed by atoms with Crippen LogP contribution in [0.4, 0.5) is 11.4 Å². The van der Waals surface area contributed by atoms with Gasteiger partial charge in [0.1, 0.15) is 5.82 Å². The fourth-order valence-corrected chi connectivity index (χ4v) is 5.83. The van der Waals surface area contributed by atoms with Crippen molar-refractivity contribution in [3.05, 3.63) is 85.8 Å². The molecule has 4 aromatic rings. The highest BCUT2D eigenvalue weighted by Gasteiger charge is 2.34. The summed E-state index contributed by atoms with van der Waals surface area (Å²) in [5.41, 5.74) is 5.44. The smallest absolute Gasteiger partial charge is 0.285 e. The zero-order chi connectivity index (χ0) is 27.8. The molecule has 39 heavy (non-hydrogen) atoms. The molecule has 0 saturated heterocycles. The summed E-state index contributed by atoms with van der Waals surface area (Å²) >= 11 is 26.1. The Bertz CT molecular complexity index is 1580. The van der Waals surface area contributed by atoms with E-state index in [1.54, 1.807) is 0 Å². The van der Waals surface area contributed by atoms with Gasteiger partial charge in [0.2, 0.25) is 0 Å². The fraction of sp³-hybridized carbons (Fsp3) is 0.222. The van der Waals surface area contributed by atoms with Crippen molar-refractivity contribution in [3.63, 3.8) is 0 Å². The van der Waals surface area contributed by atoms with Crippen molar-refractivity contribution in [2.24, 2.45) is 7.05 Å². The van der Waals surface area contributed by atoms with Crippen LogP contribution in [0, 0.1) is 6.92 Å². The summed E-state index contributed by atoms with van der Waals surface area (Å²) in [6, 6.07) is 15.3. The lowest BCUT2D eigenvalue weighted by Gasteiger charge is -2.24. The van der Waals surface area contributed by atoms with Crippen LogP contribution in [0.1, 0.15) is 17.8 Å². The van der Waals surface area contributed by atoms with E-state index in [1.165, 1.54) is 0 Å². The molecule has 0 fully saturated rings. The Morgan fingerprint density at radius 1 is 0.897 bits per heavy atom. The molecular weight excluding hydrogens is 602 g/mol. The second kappa shape index (κ2) is 11.8. The molecule has 204 valence electrons. The second-order valence-electron chi connectivity index (χ2n) is 9.18. The van der Waals surface area contributed by atoms with Crippen molar-refractivity contribution >= 4 is 86.9 Å². The Hall–Kier alpha value is -2.14. The van der Waals surface area contributed by atoms with Gasteiger partial charge < -0.3 is 15.1 Å². The average Bonchev–Trinajstić information content (AvgIpc) is 3.28. The van der Waals surface area contributed by atoms with Gasteiger partial charge in [-0.15, -0.1) is 0 Å². The number of hydrogen-bond donors (Lipinski definition) is 0. The molecule has 0 saturated carbocycles. The summed E-state index contributed by atoms with van der Waals surface area (Å²) < 4.78 is 8.58. The molecular formula is C27H24Cl4N4O3S. The molecule has 2 aliphatic heterocycles. The van der Waals surface area contributed by atoms with Crippen molar-refractivity contribution in [1.82, 2.24) is 4.57 Å². The van der Waals surface area contributed by atoms with E-state index in [4.69, 9.17) is 46.4 Å². The first-order chi connectivity index (χ1) is 18.7. The molecule has 0 spiro atoms. The highest BCUT2D eigenvalue weighted by Crippen LogP contribution is 2.45. The van der Waals surface area contributed by atoms with Crippen LogP contribution in [-0.4, -0.2) is 18.2 Å². The van der Waals surface area contributed by atoms with Gasteiger partial charge >= 0.3 is 0 Å². The molecule has 3 heterocycles. The van der Waals surface area contributed by atoms with Gasteiger partial charge in [0.15, 0.2) is 11.0 Å². The molecule has 0 atom stereocenters. The first kappa shape index (κ1) is 28.4. The molecule has 1 aromatic heterocycles. The topological polar surface area (TPSA) is 56.8 Å². The number of fused-ring (bicyclic) bond motifs is 6. The Labute approximate surface area is 250 Å². The van der Waals surface area contributed by atoms with Crippen molar-refractivity contribution < 1.29 is 19.2 Å². The molecule has 0 unspecified atom stereocenters. The predicted octanol–water partition coefficient (Wildman–Crippen LogP) is 6.96. The number of aromatic nitrogens is 2. The Kier molecular flexibility index (Phi) is 8.56. The van der Waals surface area contributed by atoms with E-state index in [-0.39, 0.29) is 0 Å². The number of halogens is 4. The number of hydrogen-bond acceptors (Lipinski definition) is 6. The largest absolute Gasteiger partial charge is 0.691 e. The highest BCUT2D eigenvalue weighted by atomic mass is 35.5. The molecule has 0 aliphatic carbocycles. The SMILES string of the molecule is CN1C2=Cc3n(c4cc(Cl)c(Cl)cc4[n+]3C)CCCN2c2cc(Cl)c(Cl)cc21.Cc1ccc(SOO[O-])cc1. The lowest BCUT2D eigenvalue weighted by Crippen LogP contribution is -2.35. The average molecular weight is 626 g/mol. The van der Waals surface area contributed by atoms with E-state index < -0.39 is 0 Å². The zero-order valence-electron chi connectivity index (χ0n) is 21.3. The van der Waals surface area contributed by atoms with Crippen molar-refractivity contribution in [1.29, 1.82) is 0 Å². The normalized spacial score (nSPS) is 14.2. The lowest BCUT2D eigenvalue weighted by atomic mass is 10.2. The first-order valence-corrected chi connectivity index (χ1v) is 14.2. The van der Waals surface area contributed by atoms with E-state index in [0.29, 0.717) is 20.1 Å². The van der Waals surface area contributed by atoms with Crippen LogP contribution < -0.4 is 19.6 Å². The predicted molar refractivity (Wildman–Crippen MR) is 157 cm³/mol. The van der Waals surface area contributed by atoms with Crippen molar-refractivity contribution in [3.8, 4) is 0 Å². The van der Waals surface area contributed by atoms with Gasteiger partial charge in [0.25, 0.3) is 5.82 Å². The van der Waals surface area contributed by atoms with Crippen LogP contribution in [0.15, 0.2) is 59.2 Å². The Balaban J connectivity index is 0.000000237. The molecule has 7 nitrogen and oxygen atoms in total. The maximum Gasteiger partial charge on any atom is 0.285 e. The zero-order valence-corrected chi connectivity index (χ0v) is 25.1. The van der Waals surface area contributed by atoms with E-state index >= 15 is 0 Å². The third-order valence-electron chi connectivity index (χ3n) is 6.78. The van der Waals surface area contributed by atoms with Crippen molar-refractivity contribution in [2.45, 2.75) is 24.8 Å². The Morgan fingerprint density at radius 2 is 1.54 bits per heavy atom. The molecule has 0 amide bonds. The standard InChI is InChI=1S/C20H17Cl4N4.C7H8O3S/c1-25-15-6-11(21)13(23)8-17(15)27-4-3-5-28-18-9-14(24)12(22)7-16(18)26(2)20(28)10-19(25)27;1-6-2-4-7(5-3-6)11-10-9-8/h6-10H,3-5H2,1-2H3;2-5,8H,1H3/q+1;/p-1. The first-order valence-electron chi connectivity index (χ1n) is 12.0.